The third-order valence-corrected chi connectivity index (χ3v) is 3.48. The van der Waals surface area contributed by atoms with Crippen LogP contribution < -0.4 is 10.9 Å². The van der Waals surface area contributed by atoms with E-state index >= 15 is 0 Å². The van der Waals surface area contributed by atoms with E-state index in [2.05, 4.69) is 10.3 Å². The lowest BCUT2D eigenvalue weighted by molar-refractivity contribution is -0.128. The molecular weight excluding hydrogens is 296 g/mol. The van der Waals surface area contributed by atoms with Crippen LogP contribution in [0.1, 0.15) is 0 Å². The Morgan fingerprint density at radius 3 is 2.90 bits per heavy atom. The maximum atomic E-state index is 12.3. The maximum Gasteiger partial charge on any atom is 0.324 e. The highest BCUT2D eigenvalue weighted by Gasteiger charge is 2.26. The predicted molar refractivity (Wildman–Crippen MR) is 76.1 cm³/mol. The summed E-state index contributed by atoms with van der Waals surface area (Å²) in [6.07, 6.45) is 1.30. The molecule has 0 unspecified atom stereocenters. The molecule has 108 valence electrons. The number of nitrogens with zero attached hydrogens (tertiary/aromatic N) is 3. The Morgan fingerprint density at radius 1 is 1.38 bits per heavy atom. The van der Waals surface area contributed by atoms with E-state index in [1.165, 1.54) is 17.0 Å². The second kappa shape index (κ2) is 5.17. The van der Waals surface area contributed by atoms with Gasteiger partial charge in [0, 0.05) is 18.1 Å². The standard InChI is InChI=1S/C13H11ClN4O3/c14-8-1-2-10-9(5-8)12(20)17(7-16-10)6-11(19)18-4-3-15-13(18)21/h1-2,5,7H,3-4,6H2,(H,15,21). The molecule has 1 fully saturated rings. The molecule has 2 aromatic rings. The van der Waals surface area contributed by atoms with Crippen LogP contribution in [-0.2, 0) is 11.3 Å². The van der Waals surface area contributed by atoms with Crippen LogP contribution in [-0.4, -0.2) is 39.5 Å². The van der Waals surface area contributed by atoms with Crippen LogP contribution in [0.25, 0.3) is 10.9 Å². The molecule has 1 saturated heterocycles. The third kappa shape index (κ3) is 2.47. The fourth-order valence-electron chi connectivity index (χ4n) is 2.18. The van der Waals surface area contributed by atoms with E-state index in [1.54, 1.807) is 12.1 Å². The topological polar surface area (TPSA) is 84.3 Å². The normalized spacial score (nSPS) is 14.5. The lowest BCUT2D eigenvalue weighted by Crippen LogP contribution is -2.38. The number of carbonyl (C=O) groups excluding carboxylic acids is 2. The van der Waals surface area contributed by atoms with Gasteiger partial charge in [-0.15, -0.1) is 0 Å². The second-order valence-electron chi connectivity index (χ2n) is 4.62. The summed E-state index contributed by atoms with van der Waals surface area (Å²) in [6.45, 7) is 0.492. The first-order valence-electron chi connectivity index (χ1n) is 6.29. The lowest BCUT2D eigenvalue weighted by atomic mass is 10.2. The molecule has 1 aliphatic heterocycles. The Hall–Kier alpha value is -2.41. The summed E-state index contributed by atoms with van der Waals surface area (Å²) in [5.74, 6) is -0.449. The van der Waals surface area contributed by atoms with Crippen molar-refractivity contribution in [3.05, 3.63) is 39.9 Å². The number of halogens is 1. The molecule has 0 saturated carbocycles. The van der Waals surface area contributed by atoms with Crippen LogP contribution >= 0.6 is 11.6 Å². The number of amides is 3. The van der Waals surface area contributed by atoms with Gasteiger partial charge in [0.25, 0.3) is 11.5 Å². The first-order valence-corrected chi connectivity index (χ1v) is 6.67. The fraction of sp³-hybridized carbons (Fsp3) is 0.231. The highest BCUT2D eigenvalue weighted by Crippen LogP contribution is 2.14. The number of benzene rings is 1. The largest absolute Gasteiger partial charge is 0.336 e. The van der Waals surface area contributed by atoms with Crippen LogP contribution in [0.15, 0.2) is 29.3 Å². The average molecular weight is 307 g/mol. The lowest BCUT2D eigenvalue weighted by Gasteiger charge is -2.13. The number of nitrogens with one attached hydrogen (secondary N) is 1. The molecule has 0 radical (unpaired) electrons. The molecule has 3 amide bonds. The van der Waals surface area contributed by atoms with Crippen molar-refractivity contribution in [3.8, 4) is 0 Å². The van der Waals surface area contributed by atoms with Crippen LogP contribution in [0.5, 0.6) is 0 Å². The van der Waals surface area contributed by atoms with Crippen LogP contribution in [0.3, 0.4) is 0 Å². The SMILES string of the molecule is O=C(Cn1cnc2ccc(Cl)cc2c1=O)N1CCNC1=O. The van der Waals surface area contributed by atoms with Gasteiger partial charge < -0.3 is 5.32 Å². The Bertz CT molecular complexity index is 802. The van der Waals surface area contributed by atoms with Gasteiger partial charge in [-0.3, -0.25) is 19.1 Å². The summed E-state index contributed by atoms with van der Waals surface area (Å²) in [7, 11) is 0. The van der Waals surface area contributed by atoms with E-state index in [-0.39, 0.29) is 12.1 Å². The number of aromatic nitrogens is 2. The molecule has 1 aromatic heterocycles. The van der Waals surface area contributed by atoms with Gasteiger partial charge in [0.1, 0.15) is 6.54 Å². The Morgan fingerprint density at radius 2 is 2.19 bits per heavy atom. The van der Waals surface area contributed by atoms with Gasteiger partial charge in [0.05, 0.1) is 17.2 Å². The molecule has 8 heteroatoms. The minimum Gasteiger partial charge on any atom is -0.336 e. The van der Waals surface area contributed by atoms with Gasteiger partial charge in [-0.2, -0.15) is 0 Å². The van der Waals surface area contributed by atoms with E-state index in [1.807, 2.05) is 0 Å². The number of urea groups is 1. The minimum absolute atomic E-state index is 0.234. The first kappa shape index (κ1) is 13.6. The van der Waals surface area contributed by atoms with Gasteiger partial charge in [-0.25, -0.2) is 9.78 Å². The van der Waals surface area contributed by atoms with Gasteiger partial charge >= 0.3 is 6.03 Å². The zero-order valence-electron chi connectivity index (χ0n) is 10.9. The zero-order valence-corrected chi connectivity index (χ0v) is 11.6. The van der Waals surface area contributed by atoms with Crippen LogP contribution in [0.4, 0.5) is 4.79 Å². The maximum absolute atomic E-state index is 12.3. The molecule has 3 rings (SSSR count). The van der Waals surface area contributed by atoms with Gasteiger partial charge in [-0.1, -0.05) is 11.6 Å². The summed E-state index contributed by atoms with van der Waals surface area (Å²) in [5.41, 5.74) is 0.141. The molecule has 1 aromatic carbocycles. The van der Waals surface area contributed by atoms with Crippen molar-refractivity contribution in [1.82, 2.24) is 19.8 Å². The Labute approximate surface area is 124 Å². The molecular formula is C13H11ClN4O3. The Balaban J connectivity index is 1.94. The Kier molecular flexibility index (Phi) is 3.34. The summed E-state index contributed by atoms with van der Waals surface area (Å²) in [5, 5.41) is 3.29. The number of imide groups is 1. The third-order valence-electron chi connectivity index (χ3n) is 3.25. The van der Waals surface area contributed by atoms with Crippen molar-refractivity contribution in [2.75, 3.05) is 13.1 Å². The molecule has 0 aliphatic carbocycles. The van der Waals surface area contributed by atoms with Crippen molar-refractivity contribution in [3.63, 3.8) is 0 Å². The average Bonchev–Trinajstić information content (AvgIpc) is 2.89. The van der Waals surface area contributed by atoms with E-state index in [4.69, 9.17) is 11.6 Å². The number of rotatable bonds is 2. The molecule has 2 heterocycles. The fourth-order valence-corrected chi connectivity index (χ4v) is 2.36. The van der Waals surface area contributed by atoms with Gasteiger partial charge in [0.15, 0.2) is 0 Å². The summed E-state index contributed by atoms with van der Waals surface area (Å²) in [4.78, 5) is 41.0. The van der Waals surface area contributed by atoms with Crippen molar-refractivity contribution < 1.29 is 9.59 Å². The van der Waals surface area contributed by atoms with Gasteiger partial charge in [0.2, 0.25) is 0 Å². The quantitative estimate of drug-likeness (QED) is 0.880. The number of hydrogen-bond donors (Lipinski definition) is 1. The van der Waals surface area contributed by atoms with E-state index < -0.39 is 11.9 Å². The second-order valence-corrected chi connectivity index (χ2v) is 5.05. The van der Waals surface area contributed by atoms with E-state index in [0.29, 0.717) is 29.0 Å². The van der Waals surface area contributed by atoms with Crippen molar-refractivity contribution in [2.45, 2.75) is 6.54 Å². The van der Waals surface area contributed by atoms with E-state index in [0.717, 1.165) is 4.90 Å². The number of carbonyl (C=O) groups is 2. The molecule has 0 spiro atoms. The first-order chi connectivity index (χ1) is 10.1. The summed E-state index contributed by atoms with van der Waals surface area (Å²) < 4.78 is 1.17. The van der Waals surface area contributed by atoms with Crippen LogP contribution in [0, 0.1) is 0 Å². The highest BCUT2D eigenvalue weighted by molar-refractivity contribution is 6.31. The molecule has 0 bridgehead atoms. The number of hydrogen-bond acceptors (Lipinski definition) is 4. The van der Waals surface area contributed by atoms with Crippen molar-refractivity contribution in [2.24, 2.45) is 0 Å². The molecule has 1 aliphatic rings. The summed E-state index contributed by atoms with van der Waals surface area (Å²) >= 11 is 5.87. The molecule has 21 heavy (non-hydrogen) atoms. The number of fused-ring (bicyclic) bond motifs is 1. The molecule has 1 N–H and O–H groups in total. The van der Waals surface area contributed by atoms with E-state index in [9.17, 15) is 14.4 Å². The monoisotopic (exact) mass is 306 g/mol. The zero-order chi connectivity index (χ0) is 15.0. The highest BCUT2D eigenvalue weighted by atomic mass is 35.5. The summed E-state index contributed by atoms with van der Waals surface area (Å²) in [6, 6.07) is 4.35. The van der Waals surface area contributed by atoms with Crippen molar-refractivity contribution >= 4 is 34.4 Å². The van der Waals surface area contributed by atoms with Crippen molar-refractivity contribution in [1.29, 1.82) is 0 Å². The minimum atomic E-state index is -0.449. The molecule has 7 nitrogen and oxygen atoms in total. The smallest absolute Gasteiger partial charge is 0.324 e. The van der Waals surface area contributed by atoms with Gasteiger partial charge in [-0.05, 0) is 18.2 Å². The molecule has 0 atom stereocenters. The van der Waals surface area contributed by atoms with Crippen LogP contribution in [0.2, 0.25) is 5.02 Å². The predicted octanol–water partition coefficient (Wildman–Crippen LogP) is 0.602.